The van der Waals surface area contributed by atoms with Gasteiger partial charge in [-0.3, -0.25) is 4.98 Å². The highest BCUT2D eigenvalue weighted by atomic mass is 16.5. The Morgan fingerprint density at radius 2 is 2.36 bits per heavy atom. The molecular weight excluding hydrogens is 276 g/mol. The molecule has 1 saturated heterocycles. The molecule has 1 spiro atoms. The average molecular weight is 302 g/mol. The summed E-state index contributed by atoms with van der Waals surface area (Å²) in [6.07, 6.45) is 9.00. The van der Waals surface area contributed by atoms with Gasteiger partial charge in [-0.1, -0.05) is 6.42 Å². The molecule has 22 heavy (non-hydrogen) atoms. The predicted molar refractivity (Wildman–Crippen MR) is 88.2 cm³/mol. The van der Waals surface area contributed by atoms with Crippen molar-refractivity contribution in [2.45, 2.75) is 32.6 Å². The summed E-state index contributed by atoms with van der Waals surface area (Å²) in [6, 6.07) is 3.80. The Kier molecular flexibility index (Phi) is 4.80. The minimum absolute atomic E-state index is 0.583. The second-order valence-electron chi connectivity index (χ2n) is 6.30. The van der Waals surface area contributed by atoms with Gasteiger partial charge >= 0.3 is 0 Å². The number of likely N-dealkylation sites (tertiary alicyclic amines) is 1. The van der Waals surface area contributed by atoms with Crippen LogP contribution in [0.3, 0.4) is 0 Å². The van der Waals surface area contributed by atoms with Crippen LogP contribution in [0.2, 0.25) is 0 Å². The van der Waals surface area contributed by atoms with Crippen LogP contribution in [0, 0.1) is 5.41 Å². The number of ether oxygens (including phenoxy) is 1. The Balaban J connectivity index is 1.50. The summed E-state index contributed by atoms with van der Waals surface area (Å²) in [5.74, 6) is 1.85. The second-order valence-corrected chi connectivity index (χ2v) is 6.30. The maximum absolute atomic E-state index is 5.65. The number of nitrogens with one attached hydrogen (secondary N) is 1. The Bertz CT molecular complexity index is 499. The Morgan fingerprint density at radius 3 is 3.00 bits per heavy atom. The third-order valence-corrected chi connectivity index (χ3v) is 4.74. The number of pyridine rings is 1. The first kappa shape index (κ1) is 15.1. The quantitative estimate of drug-likeness (QED) is 0.515. The molecule has 2 heterocycles. The maximum atomic E-state index is 5.65. The summed E-state index contributed by atoms with van der Waals surface area (Å²) in [7, 11) is 0. The van der Waals surface area contributed by atoms with Crippen molar-refractivity contribution in [3.8, 4) is 5.75 Å². The van der Waals surface area contributed by atoms with Crippen LogP contribution in [0.4, 0.5) is 0 Å². The highest BCUT2D eigenvalue weighted by Gasteiger charge is 2.43. The molecule has 1 N–H and O–H groups in total. The maximum Gasteiger partial charge on any atom is 0.194 e. The van der Waals surface area contributed by atoms with Gasteiger partial charge in [0.05, 0.1) is 12.7 Å². The highest BCUT2D eigenvalue weighted by molar-refractivity contribution is 5.80. The third kappa shape index (κ3) is 3.51. The summed E-state index contributed by atoms with van der Waals surface area (Å²) in [6.45, 7) is 6.58. The highest BCUT2D eigenvalue weighted by Crippen LogP contribution is 2.47. The number of aliphatic imine (C=N–C) groups is 1. The fourth-order valence-electron chi connectivity index (χ4n) is 3.37. The fourth-order valence-corrected chi connectivity index (χ4v) is 3.37. The van der Waals surface area contributed by atoms with Crippen LogP contribution in [-0.4, -0.2) is 48.6 Å². The number of hydrogen-bond donors (Lipinski definition) is 1. The molecule has 120 valence electrons. The van der Waals surface area contributed by atoms with E-state index in [1.807, 2.05) is 12.1 Å². The van der Waals surface area contributed by atoms with E-state index in [2.05, 4.69) is 22.1 Å². The van der Waals surface area contributed by atoms with Gasteiger partial charge < -0.3 is 15.0 Å². The molecule has 1 aliphatic heterocycles. The van der Waals surface area contributed by atoms with Gasteiger partial charge in [0.25, 0.3) is 0 Å². The van der Waals surface area contributed by atoms with E-state index in [-0.39, 0.29) is 0 Å². The molecule has 1 saturated carbocycles. The Labute approximate surface area is 132 Å². The smallest absolute Gasteiger partial charge is 0.194 e. The summed E-state index contributed by atoms with van der Waals surface area (Å²) in [5, 5.41) is 3.42. The summed E-state index contributed by atoms with van der Waals surface area (Å²) < 4.78 is 5.65. The van der Waals surface area contributed by atoms with Gasteiger partial charge in [0, 0.05) is 25.8 Å². The van der Waals surface area contributed by atoms with E-state index in [1.165, 1.54) is 32.2 Å². The minimum Gasteiger partial charge on any atom is -0.490 e. The van der Waals surface area contributed by atoms with E-state index < -0.39 is 0 Å². The lowest BCUT2D eigenvalue weighted by Crippen LogP contribution is -2.42. The van der Waals surface area contributed by atoms with Gasteiger partial charge in [0.15, 0.2) is 5.96 Å². The number of hydrogen-bond acceptors (Lipinski definition) is 3. The molecule has 5 nitrogen and oxygen atoms in total. The Hall–Kier alpha value is -1.78. The van der Waals surface area contributed by atoms with Crippen molar-refractivity contribution in [3.05, 3.63) is 24.5 Å². The molecule has 2 aliphatic rings. The third-order valence-electron chi connectivity index (χ3n) is 4.74. The molecule has 1 aliphatic carbocycles. The summed E-state index contributed by atoms with van der Waals surface area (Å²) in [4.78, 5) is 11.2. The molecule has 3 rings (SSSR count). The van der Waals surface area contributed by atoms with Gasteiger partial charge in [-0.15, -0.1) is 0 Å². The van der Waals surface area contributed by atoms with Gasteiger partial charge in [-0.05, 0) is 43.7 Å². The van der Waals surface area contributed by atoms with E-state index in [9.17, 15) is 0 Å². The normalized spacial score (nSPS) is 20.0. The van der Waals surface area contributed by atoms with Crippen molar-refractivity contribution in [2.24, 2.45) is 10.4 Å². The summed E-state index contributed by atoms with van der Waals surface area (Å²) in [5.41, 5.74) is 0.600. The van der Waals surface area contributed by atoms with Crippen LogP contribution in [0.15, 0.2) is 29.5 Å². The lowest BCUT2D eigenvalue weighted by Gasteiger charge is -2.38. The van der Waals surface area contributed by atoms with Crippen molar-refractivity contribution in [1.29, 1.82) is 0 Å². The number of nitrogens with zero attached hydrogens (tertiary/aromatic N) is 3. The van der Waals surface area contributed by atoms with Crippen molar-refractivity contribution < 1.29 is 4.74 Å². The van der Waals surface area contributed by atoms with Crippen molar-refractivity contribution in [1.82, 2.24) is 15.2 Å². The largest absolute Gasteiger partial charge is 0.490 e. The van der Waals surface area contributed by atoms with Crippen LogP contribution in [0.1, 0.15) is 32.6 Å². The lowest BCUT2D eigenvalue weighted by atomic mass is 9.68. The molecule has 1 aromatic rings. The summed E-state index contributed by atoms with van der Waals surface area (Å²) >= 11 is 0. The standard InChI is InChI=1S/C17H26N4O/c1-2-19-16(21-11-8-17(14-21)6-4-7-17)20-10-12-22-15-5-3-9-18-13-15/h3,5,9,13H,2,4,6-8,10-12,14H2,1H3,(H,19,20). The average Bonchev–Trinajstić information content (AvgIpc) is 2.97. The van der Waals surface area contributed by atoms with Gasteiger partial charge in [0.1, 0.15) is 12.4 Å². The molecule has 0 bridgehead atoms. The predicted octanol–water partition coefficient (Wildman–Crippen LogP) is 2.30. The molecule has 0 unspecified atom stereocenters. The minimum atomic E-state index is 0.583. The first-order chi connectivity index (χ1) is 10.8. The number of aromatic nitrogens is 1. The lowest BCUT2D eigenvalue weighted by molar-refractivity contribution is 0.151. The zero-order valence-corrected chi connectivity index (χ0v) is 13.4. The Morgan fingerprint density at radius 1 is 1.45 bits per heavy atom. The number of rotatable bonds is 5. The van der Waals surface area contributed by atoms with Gasteiger partial charge in [0.2, 0.25) is 0 Å². The first-order valence-electron chi connectivity index (χ1n) is 8.37. The van der Waals surface area contributed by atoms with E-state index in [4.69, 9.17) is 9.73 Å². The molecule has 0 atom stereocenters. The van der Waals surface area contributed by atoms with Crippen LogP contribution in [0.5, 0.6) is 5.75 Å². The van der Waals surface area contributed by atoms with Crippen LogP contribution < -0.4 is 10.1 Å². The van der Waals surface area contributed by atoms with Crippen LogP contribution >= 0.6 is 0 Å². The monoisotopic (exact) mass is 302 g/mol. The molecule has 0 radical (unpaired) electrons. The number of guanidine groups is 1. The molecule has 0 aromatic carbocycles. The zero-order valence-electron chi connectivity index (χ0n) is 13.4. The molecule has 1 aromatic heterocycles. The van der Waals surface area contributed by atoms with E-state index >= 15 is 0 Å². The zero-order chi connectivity index (χ0) is 15.3. The molecule has 5 heteroatoms. The SMILES string of the molecule is CCNC(=NCCOc1cccnc1)N1CCC2(CCC2)C1. The second kappa shape index (κ2) is 6.99. The van der Waals surface area contributed by atoms with E-state index in [0.29, 0.717) is 18.6 Å². The molecule has 2 fully saturated rings. The van der Waals surface area contributed by atoms with Gasteiger partial charge in [-0.2, -0.15) is 0 Å². The molecule has 0 amide bonds. The topological polar surface area (TPSA) is 49.8 Å². The van der Waals surface area contributed by atoms with E-state index in [0.717, 1.165) is 24.8 Å². The first-order valence-corrected chi connectivity index (χ1v) is 8.37. The van der Waals surface area contributed by atoms with Crippen molar-refractivity contribution in [2.75, 3.05) is 32.8 Å². The van der Waals surface area contributed by atoms with Gasteiger partial charge in [-0.25, -0.2) is 4.99 Å². The van der Waals surface area contributed by atoms with Crippen molar-refractivity contribution in [3.63, 3.8) is 0 Å². The molecular formula is C17H26N4O. The van der Waals surface area contributed by atoms with E-state index in [1.54, 1.807) is 12.4 Å². The van der Waals surface area contributed by atoms with Crippen LogP contribution in [0.25, 0.3) is 0 Å². The van der Waals surface area contributed by atoms with Crippen LogP contribution in [-0.2, 0) is 0 Å². The fraction of sp³-hybridized carbons (Fsp3) is 0.647. The van der Waals surface area contributed by atoms with Crippen molar-refractivity contribution >= 4 is 5.96 Å².